The molecule has 60 valence electrons. The Hall–Kier alpha value is -0.590. The second-order valence-corrected chi connectivity index (χ2v) is 4.09. The summed E-state index contributed by atoms with van der Waals surface area (Å²) in [7, 11) is 0. The summed E-state index contributed by atoms with van der Waals surface area (Å²) in [6.07, 6.45) is 3.98. The molecule has 2 aliphatic carbocycles. The van der Waals surface area contributed by atoms with Gasteiger partial charge in [-0.25, -0.2) is 0 Å². The quantitative estimate of drug-likeness (QED) is 0.484. The van der Waals surface area contributed by atoms with Crippen LogP contribution >= 0.6 is 0 Å². The Morgan fingerprint density at radius 1 is 1.55 bits per heavy atom. The number of fused-ring (bicyclic) bond motifs is 1. The number of carbonyl (C=O) groups is 1. The SMILES string of the molecule is C=C1CCC2(C)C(=O)CCC12. The summed E-state index contributed by atoms with van der Waals surface area (Å²) in [5, 5.41) is 0. The van der Waals surface area contributed by atoms with Gasteiger partial charge in [-0.05, 0) is 25.2 Å². The Morgan fingerprint density at radius 2 is 2.27 bits per heavy atom. The second kappa shape index (κ2) is 1.96. The zero-order valence-corrected chi connectivity index (χ0v) is 7.02. The number of Topliss-reactive ketones (excluding diaryl/α,β-unsaturated/α-hetero) is 1. The highest BCUT2D eigenvalue weighted by Crippen LogP contribution is 2.53. The van der Waals surface area contributed by atoms with E-state index in [1.165, 1.54) is 5.57 Å². The molecule has 0 aromatic carbocycles. The summed E-state index contributed by atoms with van der Waals surface area (Å²) in [5.74, 6) is 0.996. The second-order valence-electron chi connectivity index (χ2n) is 4.09. The molecule has 2 rings (SSSR count). The van der Waals surface area contributed by atoms with E-state index in [1.807, 2.05) is 0 Å². The summed E-state index contributed by atoms with van der Waals surface area (Å²) in [4.78, 5) is 11.5. The average molecular weight is 150 g/mol. The third kappa shape index (κ3) is 0.741. The molecule has 1 heteroatoms. The van der Waals surface area contributed by atoms with E-state index >= 15 is 0 Å². The first kappa shape index (κ1) is 7.08. The van der Waals surface area contributed by atoms with Gasteiger partial charge in [0.05, 0.1) is 0 Å². The molecule has 11 heavy (non-hydrogen) atoms. The van der Waals surface area contributed by atoms with Crippen LogP contribution in [0.15, 0.2) is 12.2 Å². The summed E-state index contributed by atoms with van der Waals surface area (Å²) in [5.41, 5.74) is 1.32. The number of hydrogen-bond donors (Lipinski definition) is 0. The summed E-state index contributed by atoms with van der Waals surface area (Å²) >= 11 is 0. The molecular formula is C10H14O. The average Bonchev–Trinajstić information content (AvgIpc) is 2.39. The van der Waals surface area contributed by atoms with Crippen molar-refractivity contribution in [2.24, 2.45) is 11.3 Å². The van der Waals surface area contributed by atoms with Crippen molar-refractivity contribution in [3.05, 3.63) is 12.2 Å². The first-order chi connectivity index (χ1) is 5.14. The van der Waals surface area contributed by atoms with Crippen molar-refractivity contribution in [3.63, 3.8) is 0 Å². The van der Waals surface area contributed by atoms with Crippen molar-refractivity contribution in [3.8, 4) is 0 Å². The summed E-state index contributed by atoms with van der Waals surface area (Å²) in [6.45, 7) is 6.14. The Morgan fingerprint density at radius 3 is 2.91 bits per heavy atom. The molecule has 1 nitrogen and oxygen atoms in total. The van der Waals surface area contributed by atoms with Gasteiger partial charge in [0.1, 0.15) is 5.78 Å². The van der Waals surface area contributed by atoms with Crippen LogP contribution in [0, 0.1) is 11.3 Å². The highest BCUT2D eigenvalue weighted by molar-refractivity contribution is 5.88. The van der Waals surface area contributed by atoms with Gasteiger partial charge in [0, 0.05) is 11.8 Å². The van der Waals surface area contributed by atoms with Crippen molar-refractivity contribution >= 4 is 5.78 Å². The molecule has 2 saturated carbocycles. The van der Waals surface area contributed by atoms with Gasteiger partial charge in [-0.1, -0.05) is 19.1 Å². The number of rotatable bonds is 0. The normalized spacial score (nSPS) is 43.2. The van der Waals surface area contributed by atoms with Gasteiger partial charge < -0.3 is 0 Å². The van der Waals surface area contributed by atoms with Crippen LogP contribution < -0.4 is 0 Å². The smallest absolute Gasteiger partial charge is 0.139 e. The molecule has 0 spiro atoms. The predicted octanol–water partition coefficient (Wildman–Crippen LogP) is 2.32. The van der Waals surface area contributed by atoms with Crippen LogP contribution in [0.1, 0.15) is 32.6 Å². The standard InChI is InChI=1S/C10H14O/c1-7-5-6-10(2)8(7)3-4-9(10)11/h8H,1,3-6H2,2H3. The molecule has 0 bridgehead atoms. The molecule has 0 heterocycles. The Balaban J connectivity index is 2.37. The molecule has 0 amide bonds. The minimum Gasteiger partial charge on any atom is -0.299 e. The zero-order valence-electron chi connectivity index (χ0n) is 7.02. The molecule has 0 aliphatic heterocycles. The van der Waals surface area contributed by atoms with E-state index in [4.69, 9.17) is 0 Å². The lowest BCUT2D eigenvalue weighted by atomic mass is 9.81. The topological polar surface area (TPSA) is 17.1 Å². The maximum Gasteiger partial charge on any atom is 0.139 e. The lowest BCUT2D eigenvalue weighted by Gasteiger charge is -2.21. The van der Waals surface area contributed by atoms with Crippen molar-refractivity contribution in [2.75, 3.05) is 0 Å². The fraction of sp³-hybridized carbons (Fsp3) is 0.700. The zero-order chi connectivity index (χ0) is 8.06. The third-order valence-corrected chi connectivity index (χ3v) is 3.52. The van der Waals surface area contributed by atoms with E-state index in [1.54, 1.807) is 0 Å². The largest absolute Gasteiger partial charge is 0.299 e. The highest BCUT2D eigenvalue weighted by Gasteiger charge is 2.50. The highest BCUT2D eigenvalue weighted by atomic mass is 16.1. The minimum absolute atomic E-state index is 0.00289. The van der Waals surface area contributed by atoms with Gasteiger partial charge in [-0.15, -0.1) is 0 Å². The van der Waals surface area contributed by atoms with Crippen molar-refractivity contribution in [1.82, 2.24) is 0 Å². The van der Waals surface area contributed by atoms with E-state index in [0.29, 0.717) is 11.7 Å². The van der Waals surface area contributed by atoms with E-state index in [9.17, 15) is 4.79 Å². The maximum atomic E-state index is 11.5. The molecule has 0 radical (unpaired) electrons. The first-order valence-electron chi connectivity index (χ1n) is 4.35. The summed E-state index contributed by atoms with van der Waals surface area (Å²) in [6, 6.07) is 0. The van der Waals surface area contributed by atoms with E-state index < -0.39 is 0 Å². The fourth-order valence-corrected chi connectivity index (χ4v) is 2.64. The van der Waals surface area contributed by atoms with Crippen LogP contribution in [0.25, 0.3) is 0 Å². The van der Waals surface area contributed by atoms with Crippen molar-refractivity contribution in [1.29, 1.82) is 0 Å². The van der Waals surface area contributed by atoms with Gasteiger partial charge >= 0.3 is 0 Å². The molecule has 0 aromatic rings. The molecule has 0 aromatic heterocycles. The molecular weight excluding hydrogens is 136 g/mol. The van der Waals surface area contributed by atoms with Crippen LogP contribution in [0.4, 0.5) is 0 Å². The van der Waals surface area contributed by atoms with Crippen LogP contribution in [0.2, 0.25) is 0 Å². The monoisotopic (exact) mass is 150 g/mol. The lowest BCUT2D eigenvalue weighted by molar-refractivity contribution is -0.125. The fourth-order valence-electron chi connectivity index (χ4n) is 2.64. The number of allylic oxidation sites excluding steroid dienone is 1. The molecule has 0 N–H and O–H groups in total. The van der Waals surface area contributed by atoms with Crippen LogP contribution in [-0.2, 0) is 4.79 Å². The lowest BCUT2D eigenvalue weighted by Crippen LogP contribution is -2.23. The molecule has 2 fully saturated rings. The number of ketones is 1. The number of carbonyl (C=O) groups excluding carboxylic acids is 1. The Bertz CT molecular complexity index is 229. The van der Waals surface area contributed by atoms with E-state index in [-0.39, 0.29) is 5.41 Å². The third-order valence-electron chi connectivity index (χ3n) is 3.52. The molecule has 2 unspecified atom stereocenters. The van der Waals surface area contributed by atoms with E-state index in [0.717, 1.165) is 25.7 Å². The van der Waals surface area contributed by atoms with Crippen LogP contribution in [-0.4, -0.2) is 5.78 Å². The van der Waals surface area contributed by atoms with Crippen molar-refractivity contribution < 1.29 is 4.79 Å². The molecule has 2 atom stereocenters. The van der Waals surface area contributed by atoms with Gasteiger partial charge in [0.2, 0.25) is 0 Å². The van der Waals surface area contributed by atoms with Crippen molar-refractivity contribution in [2.45, 2.75) is 32.6 Å². The summed E-state index contributed by atoms with van der Waals surface area (Å²) < 4.78 is 0. The van der Waals surface area contributed by atoms with Gasteiger partial charge in [-0.2, -0.15) is 0 Å². The van der Waals surface area contributed by atoms with E-state index in [2.05, 4.69) is 13.5 Å². The van der Waals surface area contributed by atoms with Gasteiger partial charge in [0.15, 0.2) is 0 Å². The van der Waals surface area contributed by atoms with Crippen LogP contribution in [0.3, 0.4) is 0 Å². The molecule has 0 saturated heterocycles. The van der Waals surface area contributed by atoms with Crippen LogP contribution in [0.5, 0.6) is 0 Å². The van der Waals surface area contributed by atoms with Gasteiger partial charge in [0.25, 0.3) is 0 Å². The maximum absolute atomic E-state index is 11.5. The minimum atomic E-state index is -0.00289. The first-order valence-corrected chi connectivity index (χ1v) is 4.35. The van der Waals surface area contributed by atoms with Gasteiger partial charge in [-0.3, -0.25) is 4.79 Å². The number of hydrogen-bond acceptors (Lipinski definition) is 1. The Labute approximate surface area is 67.5 Å². The predicted molar refractivity (Wildman–Crippen MR) is 44.2 cm³/mol. The Kier molecular flexibility index (Phi) is 1.26. The molecule has 2 aliphatic rings.